The largest absolute Gasteiger partial charge is 0.396 e. The van der Waals surface area contributed by atoms with E-state index in [0.29, 0.717) is 13.0 Å². The third-order valence-corrected chi connectivity index (χ3v) is 2.78. The predicted octanol–water partition coefficient (Wildman–Crippen LogP) is 0.204. The molecule has 0 aliphatic carbocycles. The molecule has 0 heterocycles. The molecule has 0 fully saturated rings. The van der Waals surface area contributed by atoms with Gasteiger partial charge in [-0.15, -0.1) is 0 Å². The molecule has 0 radical (unpaired) electrons. The number of aliphatic hydroxyl groups is 1. The zero-order valence-corrected chi connectivity index (χ0v) is 11.6. The second-order valence-corrected chi connectivity index (χ2v) is 5.59. The van der Waals surface area contributed by atoms with Crippen molar-refractivity contribution >= 4 is 11.9 Å². The van der Waals surface area contributed by atoms with Crippen LogP contribution in [0.15, 0.2) is 0 Å². The van der Waals surface area contributed by atoms with E-state index in [1.807, 2.05) is 27.7 Å². The van der Waals surface area contributed by atoms with E-state index >= 15 is 0 Å². The monoisotopic (exact) mass is 259 g/mol. The molecule has 0 aromatic carbocycles. The summed E-state index contributed by atoms with van der Waals surface area (Å²) in [5.41, 5.74) is 4.85. The molecule has 5 N–H and O–H groups in total. The lowest BCUT2D eigenvalue weighted by atomic mass is 9.89. The number of primary amides is 1. The summed E-state index contributed by atoms with van der Waals surface area (Å²) in [4.78, 5) is 22.7. The van der Waals surface area contributed by atoms with E-state index in [-0.39, 0.29) is 23.8 Å². The molecule has 0 spiro atoms. The van der Waals surface area contributed by atoms with Crippen LogP contribution in [0.5, 0.6) is 0 Å². The van der Waals surface area contributed by atoms with E-state index in [4.69, 9.17) is 10.8 Å². The standard InChI is InChI=1S/C12H25N3O3/c1-8(2)9(15-11(13)18)10(17)14-7-12(3,4)5-6-16/h8-9,16H,5-7H2,1-4H3,(H,14,17)(H3,13,15,18). The first-order valence-electron chi connectivity index (χ1n) is 6.14. The van der Waals surface area contributed by atoms with Crippen molar-refractivity contribution in [3.63, 3.8) is 0 Å². The number of amides is 3. The minimum absolute atomic E-state index is 0.0431. The second-order valence-electron chi connectivity index (χ2n) is 5.59. The number of urea groups is 1. The van der Waals surface area contributed by atoms with Crippen molar-refractivity contribution in [3.8, 4) is 0 Å². The van der Waals surface area contributed by atoms with E-state index in [1.54, 1.807) is 0 Å². The second kappa shape index (κ2) is 7.20. The molecule has 6 heteroatoms. The summed E-state index contributed by atoms with van der Waals surface area (Å²) < 4.78 is 0. The number of aliphatic hydroxyl groups excluding tert-OH is 1. The van der Waals surface area contributed by atoms with Gasteiger partial charge in [-0.1, -0.05) is 27.7 Å². The molecule has 3 amide bonds. The summed E-state index contributed by atoms with van der Waals surface area (Å²) in [7, 11) is 0. The van der Waals surface area contributed by atoms with Crippen molar-refractivity contribution in [2.24, 2.45) is 17.1 Å². The molecule has 0 aliphatic heterocycles. The Morgan fingerprint density at radius 1 is 1.33 bits per heavy atom. The van der Waals surface area contributed by atoms with Crippen LogP contribution in [0.2, 0.25) is 0 Å². The van der Waals surface area contributed by atoms with Crippen molar-refractivity contribution in [1.29, 1.82) is 0 Å². The minimum atomic E-state index is -0.710. The van der Waals surface area contributed by atoms with E-state index in [9.17, 15) is 9.59 Å². The third kappa shape index (κ3) is 6.44. The van der Waals surface area contributed by atoms with Gasteiger partial charge in [-0.3, -0.25) is 4.79 Å². The van der Waals surface area contributed by atoms with Gasteiger partial charge in [0.05, 0.1) is 0 Å². The Hall–Kier alpha value is -1.30. The number of hydrogen-bond donors (Lipinski definition) is 4. The van der Waals surface area contributed by atoms with E-state index in [1.165, 1.54) is 0 Å². The number of nitrogens with two attached hydrogens (primary N) is 1. The molecule has 1 atom stereocenters. The molecule has 0 saturated carbocycles. The zero-order chi connectivity index (χ0) is 14.3. The highest BCUT2D eigenvalue weighted by Gasteiger charge is 2.25. The van der Waals surface area contributed by atoms with Crippen LogP contribution < -0.4 is 16.4 Å². The maximum atomic E-state index is 11.9. The van der Waals surface area contributed by atoms with E-state index in [2.05, 4.69) is 10.6 Å². The SMILES string of the molecule is CC(C)C(NC(N)=O)C(=O)NCC(C)(C)CCO. The molecule has 106 valence electrons. The maximum Gasteiger partial charge on any atom is 0.312 e. The van der Waals surface area contributed by atoms with Gasteiger partial charge in [0, 0.05) is 13.2 Å². The molecule has 6 nitrogen and oxygen atoms in total. The topological polar surface area (TPSA) is 104 Å². The predicted molar refractivity (Wildman–Crippen MR) is 69.8 cm³/mol. The van der Waals surface area contributed by atoms with Crippen LogP contribution in [-0.4, -0.2) is 36.2 Å². The number of rotatable bonds is 7. The van der Waals surface area contributed by atoms with Crippen molar-refractivity contribution in [3.05, 3.63) is 0 Å². The number of carbonyl (C=O) groups is 2. The minimum Gasteiger partial charge on any atom is -0.396 e. The Bertz CT molecular complexity index is 290. The number of nitrogens with one attached hydrogen (secondary N) is 2. The van der Waals surface area contributed by atoms with Gasteiger partial charge in [-0.2, -0.15) is 0 Å². The summed E-state index contributed by atoms with van der Waals surface area (Å²) in [6.07, 6.45) is 0.600. The lowest BCUT2D eigenvalue weighted by Crippen LogP contribution is -2.52. The lowest BCUT2D eigenvalue weighted by Gasteiger charge is -2.26. The van der Waals surface area contributed by atoms with Gasteiger partial charge >= 0.3 is 6.03 Å². The fraction of sp³-hybridized carbons (Fsp3) is 0.833. The average Bonchev–Trinajstić information content (AvgIpc) is 2.22. The molecule has 0 aromatic rings. The summed E-state index contributed by atoms with van der Waals surface area (Å²) in [6, 6.07) is -1.34. The summed E-state index contributed by atoms with van der Waals surface area (Å²) >= 11 is 0. The third-order valence-electron chi connectivity index (χ3n) is 2.78. The molecule has 0 rings (SSSR count). The van der Waals surface area contributed by atoms with E-state index < -0.39 is 12.1 Å². The van der Waals surface area contributed by atoms with Gasteiger partial charge in [0.2, 0.25) is 5.91 Å². The molecule has 0 aromatic heterocycles. The highest BCUT2D eigenvalue weighted by atomic mass is 16.3. The fourth-order valence-electron chi connectivity index (χ4n) is 1.52. The molecule has 18 heavy (non-hydrogen) atoms. The molecule has 0 aliphatic rings. The van der Waals surface area contributed by atoms with Crippen LogP contribution in [0.1, 0.15) is 34.1 Å². The van der Waals surface area contributed by atoms with Gasteiger partial charge in [0.25, 0.3) is 0 Å². The van der Waals surface area contributed by atoms with Crippen molar-refractivity contribution in [2.75, 3.05) is 13.2 Å². The van der Waals surface area contributed by atoms with Crippen molar-refractivity contribution < 1.29 is 14.7 Å². The number of carbonyl (C=O) groups excluding carboxylic acids is 2. The molecular formula is C12H25N3O3. The zero-order valence-electron chi connectivity index (χ0n) is 11.6. The molecule has 0 saturated heterocycles. The fourth-order valence-corrected chi connectivity index (χ4v) is 1.52. The van der Waals surface area contributed by atoms with Crippen LogP contribution in [0.4, 0.5) is 4.79 Å². The van der Waals surface area contributed by atoms with Gasteiger partial charge in [0.15, 0.2) is 0 Å². The van der Waals surface area contributed by atoms with Crippen LogP contribution in [0.3, 0.4) is 0 Å². The summed E-state index contributed by atoms with van der Waals surface area (Å²) in [6.45, 7) is 8.09. The summed E-state index contributed by atoms with van der Waals surface area (Å²) in [5, 5.41) is 14.1. The average molecular weight is 259 g/mol. The van der Waals surface area contributed by atoms with Crippen LogP contribution in [0.25, 0.3) is 0 Å². The lowest BCUT2D eigenvalue weighted by molar-refractivity contribution is -0.124. The maximum absolute atomic E-state index is 11.9. The van der Waals surface area contributed by atoms with Crippen LogP contribution in [0, 0.1) is 11.3 Å². The van der Waals surface area contributed by atoms with Gasteiger partial charge in [-0.25, -0.2) is 4.79 Å². The Morgan fingerprint density at radius 2 is 1.89 bits per heavy atom. The first-order valence-corrected chi connectivity index (χ1v) is 6.14. The Kier molecular flexibility index (Phi) is 6.68. The Balaban J connectivity index is 4.39. The van der Waals surface area contributed by atoms with E-state index in [0.717, 1.165) is 0 Å². The Labute approximate surface area is 108 Å². The van der Waals surface area contributed by atoms with Gasteiger partial charge < -0.3 is 21.5 Å². The highest BCUT2D eigenvalue weighted by Crippen LogP contribution is 2.18. The van der Waals surface area contributed by atoms with Crippen molar-refractivity contribution in [1.82, 2.24) is 10.6 Å². The van der Waals surface area contributed by atoms with Gasteiger partial charge in [0.1, 0.15) is 6.04 Å². The quantitative estimate of drug-likeness (QED) is 0.525. The molecule has 0 bridgehead atoms. The molecular weight excluding hydrogens is 234 g/mol. The van der Waals surface area contributed by atoms with Crippen LogP contribution in [-0.2, 0) is 4.79 Å². The van der Waals surface area contributed by atoms with Gasteiger partial charge in [-0.05, 0) is 17.8 Å². The number of hydrogen-bond acceptors (Lipinski definition) is 3. The first-order chi connectivity index (χ1) is 8.19. The normalized spacial score (nSPS) is 13.2. The van der Waals surface area contributed by atoms with Crippen molar-refractivity contribution in [2.45, 2.75) is 40.2 Å². The smallest absolute Gasteiger partial charge is 0.312 e. The Morgan fingerprint density at radius 3 is 2.28 bits per heavy atom. The molecule has 1 unspecified atom stereocenters. The first kappa shape index (κ1) is 16.7. The highest BCUT2D eigenvalue weighted by molar-refractivity contribution is 5.86. The summed E-state index contributed by atoms with van der Waals surface area (Å²) in [5.74, 6) is -0.298. The van der Waals surface area contributed by atoms with Crippen LogP contribution >= 0.6 is 0 Å².